The molecule has 0 N–H and O–H groups in total. The lowest BCUT2D eigenvalue weighted by Crippen LogP contribution is -2.28. The average Bonchev–Trinajstić information content (AvgIpc) is 2.89. The highest BCUT2D eigenvalue weighted by atomic mass is 35.5. The van der Waals surface area contributed by atoms with E-state index in [9.17, 15) is 14.4 Å². The van der Waals surface area contributed by atoms with E-state index in [-0.39, 0.29) is 24.5 Å². The quantitative estimate of drug-likeness (QED) is 0.469. The van der Waals surface area contributed by atoms with Gasteiger partial charge in [0.2, 0.25) is 5.91 Å². The molecule has 1 aromatic carbocycles. The molecule has 0 bridgehead atoms. The van der Waals surface area contributed by atoms with Crippen molar-refractivity contribution in [1.82, 2.24) is 4.98 Å². The van der Waals surface area contributed by atoms with E-state index in [2.05, 4.69) is 4.98 Å². The molecule has 2 heterocycles. The van der Waals surface area contributed by atoms with Gasteiger partial charge in [-0.2, -0.15) is 0 Å². The molecule has 132 valence electrons. The molecule has 0 radical (unpaired) electrons. The predicted octanol–water partition coefficient (Wildman–Crippen LogP) is 3.26. The number of carbonyl (C=O) groups is 3. The van der Waals surface area contributed by atoms with Crippen molar-refractivity contribution in [1.29, 1.82) is 0 Å². The van der Waals surface area contributed by atoms with Crippen molar-refractivity contribution in [2.45, 2.75) is 13.3 Å². The average molecular weight is 371 g/mol. The van der Waals surface area contributed by atoms with Crippen LogP contribution in [0.25, 0.3) is 6.08 Å². The Bertz CT molecular complexity index is 923. The summed E-state index contributed by atoms with van der Waals surface area (Å²) in [6.07, 6.45) is 4.42. The molecule has 26 heavy (non-hydrogen) atoms. The van der Waals surface area contributed by atoms with Crippen LogP contribution in [0.2, 0.25) is 5.02 Å². The summed E-state index contributed by atoms with van der Waals surface area (Å²) >= 11 is 5.94. The van der Waals surface area contributed by atoms with Crippen LogP contribution in [0.4, 0.5) is 5.69 Å². The highest BCUT2D eigenvalue weighted by molar-refractivity contribution is 6.32. The lowest BCUT2D eigenvalue weighted by molar-refractivity contribution is -0.120. The molecule has 3 rings (SSSR count). The standard InChI is InChI=1S/C19H15ClN2O4/c1-2-26-19(25)14-7-12(10-21-11-14)6-13-8-17(23)22(18(13)24)16-5-3-4-15(20)9-16/h3-7,9-11H,2,8H2,1H3/b13-6+. The van der Waals surface area contributed by atoms with Crippen LogP contribution < -0.4 is 4.90 Å². The second-order valence-electron chi connectivity index (χ2n) is 5.59. The normalized spacial score (nSPS) is 15.6. The zero-order valence-corrected chi connectivity index (χ0v) is 14.7. The van der Waals surface area contributed by atoms with Crippen molar-refractivity contribution in [2.75, 3.05) is 11.5 Å². The van der Waals surface area contributed by atoms with Gasteiger partial charge in [0.1, 0.15) is 0 Å². The maximum atomic E-state index is 12.6. The van der Waals surface area contributed by atoms with E-state index in [1.165, 1.54) is 12.4 Å². The van der Waals surface area contributed by atoms with Gasteiger partial charge >= 0.3 is 5.97 Å². The first kappa shape index (κ1) is 17.8. The number of ether oxygens (including phenoxy) is 1. The fourth-order valence-electron chi connectivity index (χ4n) is 2.63. The molecular formula is C19H15ClN2O4. The number of anilines is 1. The minimum atomic E-state index is -0.491. The van der Waals surface area contributed by atoms with E-state index in [0.717, 1.165) is 4.90 Å². The SMILES string of the molecule is CCOC(=O)c1cncc(/C=C2\CC(=O)N(c3cccc(Cl)c3)C2=O)c1. The first-order valence-corrected chi connectivity index (χ1v) is 8.33. The smallest absolute Gasteiger partial charge is 0.339 e. The molecule has 7 heteroatoms. The fraction of sp³-hybridized carbons (Fsp3) is 0.158. The van der Waals surface area contributed by atoms with Crippen LogP contribution in [0.1, 0.15) is 29.3 Å². The number of aromatic nitrogens is 1. The van der Waals surface area contributed by atoms with Gasteiger partial charge in [-0.15, -0.1) is 0 Å². The van der Waals surface area contributed by atoms with Crippen molar-refractivity contribution in [3.8, 4) is 0 Å². The molecule has 0 saturated carbocycles. The monoisotopic (exact) mass is 370 g/mol. The summed E-state index contributed by atoms with van der Waals surface area (Å²) in [6, 6.07) is 8.11. The Hall–Kier alpha value is -2.99. The van der Waals surface area contributed by atoms with Crippen molar-refractivity contribution in [2.24, 2.45) is 0 Å². The number of carbonyl (C=O) groups excluding carboxylic acids is 3. The van der Waals surface area contributed by atoms with Crippen LogP contribution in [-0.4, -0.2) is 29.4 Å². The second-order valence-corrected chi connectivity index (χ2v) is 6.02. The Labute approximate surface area is 155 Å². The summed E-state index contributed by atoms with van der Waals surface area (Å²) in [5.74, 6) is -1.24. The van der Waals surface area contributed by atoms with Gasteiger partial charge in [0.25, 0.3) is 5.91 Å². The number of hydrogen-bond acceptors (Lipinski definition) is 5. The van der Waals surface area contributed by atoms with Crippen molar-refractivity contribution in [3.05, 3.63) is 64.4 Å². The summed E-state index contributed by atoms with van der Waals surface area (Å²) in [5, 5.41) is 0.437. The molecule has 1 aromatic heterocycles. The van der Waals surface area contributed by atoms with Crippen molar-refractivity contribution >= 4 is 41.1 Å². The molecule has 1 fully saturated rings. The van der Waals surface area contributed by atoms with Gasteiger partial charge in [0, 0.05) is 23.0 Å². The van der Waals surface area contributed by atoms with Crippen LogP contribution in [0.3, 0.4) is 0 Å². The molecule has 1 aliphatic rings. The third-order valence-electron chi connectivity index (χ3n) is 3.75. The van der Waals surface area contributed by atoms with Gasteiger partial charge in [0.05, 0.1) is 24.3 Å². The van der Waals surface area contributed by atoms with Gasteiger partial charge in [-0.1, -0.05) is 17.7 Å². The summed E-state index contributed by atoms with van der Waals surface area (Å²) in [4.78, 5) is 41.8. The molecule has 1 aliphatic heterocycles. The molecule has 0 aliphatic carbocycles. The van der Waals surface area contributed by atoms with Crippen LogP contribution >= 0.6 is 11.6 Å². The first-order valence-electron chi connectivity index (χ1n) is 7.95. The maximum absolute atomic E-state index is 12.6. The highest BCUT2D eigenvalue weighted by Gasteiger charge is 2.35. The minimum absolute atomic E-state index is 0.0328. The fourth-order valence-corrected chi connectivity index (χ4v) is 2.81. The topological polar surface area (TPSA) is 76.6 Å². The molecule has 2 amide bonds. The van der Waals surface area contributed by atoms with Gasteiger partial charge < -0.3 is 4.74 Å². The van der Waals surface area contributed by atoms with E-state index in [0.29, 0.717) is 21.8 Å². The predicted molar refractivity (Wildman–Crippen MR) is 96.7 cm³/mol. The molecule has 1 saturated heterocycles. The number of halogens is 1. The largest absolute Gasteiger partial charge is 0.462 e. The Morgan fingerprint density at radius 3 is 2.85 bits per heavy atom. The number of pyridine rings is 1. The van der Waals surface area contributed by atoms with Crippen molar-refractivity contribution in [3.63, 3.8) is 0 Å². The summed E-state index contributed by atoms with van der Waals surface area (Å²) in [5.41, 5.74) is 1.57. The van der Waals surface area contributed by atoms with Gasteiger partial charge in [-0.25, -0.2) is 9.69 Å². The molecule has 0 unspecified atom stereocenters. The number of benzene rings is 1. The third kappa shape index (κ3) is 3.65. The second kappa shape index (κ2) is 7.49. The highest BCUT2D eigenvalue weighted by Crippen LogP contribution is 2.29. The van der Waals surface area contributed by atoms with E-state index in [4.69, 9.17) is 16.3 Å². The zero-order valence-electron chi connectivity index (χ0n) is 13.9. The van der Waals surface area contributed by atoms with E-state index >= 15 is 0 Å². The van der Waals surface area contributed by atoms with E-state index in [1.807, 2.05) is 0 Å². The number of nitrogens with zero attached hydrogens (tertiary/aromatic N) is 2. The third-order valence-corrected chi connectivity index (χ3v) is 3.98. The first-order chi connectivity index (χ1) is 12.5. The van der Waals surface area contributed by atoms with Crippen LogP contribution in [0.15, 0.2) is 48.3 Å². The number of esters is 1. The molecule has 0 atom stereocenters. The molecular weight excluding hydrogens is 356 g/mol. The number of amides is 2. The maximum Gasteiger partial charge on any atom is 0.339 e. The zero-order chi connectivity index (χ0) is 18.7. The van der Waals surface area contributed by atoms with Gasteiger partial charge in [0.15, 0.2) is 0 Å². The lowest BCUT2D eigenvalue weighted by atomic mass is 10.1. The van der Waals surface area contributed by atoms with Gasteiger partial charge in [-0.05, 0) is 42.8 Å². The number of rotatable bonds is 4. The molecule has 0 spiro atoms. The number of hydrogen-bond donors (Lipinski definition) is 0. The Balaban J connectivity index is 1.89. The lowest BCUT2D eigenvalue weighted by Gasteiger charge is -2.13. The van der Waals surface area contributed by atoms with Crippen LogP contribution in [-0.2, 0) is 14.3 Å². The molecule has 2 aromatic rings. The van der Waals surface area contributed by atoms with Crippen LogP contribution in [0.5, 0.6) is 0 Å². The Morgan fingerprint density at radius 2 is 2.12 bits per heavy atom. The Morgan fingerprint density at radius 1 is 1.31 bits per heavy atom. The summed E-state index contributed by atoms with van der Waals surface area (Å²) < 4.78 is 4.94. The van der Waals surface area contributed by atoms with Crippen molar-refractivity contribution < 1.29 is 19.1 Å². The van der Waals surface area contributed by atoms with Crippen LogP contribution in [0, 0.1) is 0 Å². The number of imide groups is 1. The van der Waals surface area contributed by atoms with E-state index < -0.39 is 11.9 Å². The summed E-state index contributed by atoms with van der Waals surface area (Å²) in [7, 11) is 0. The summed E-state index contributed by atoms with van der Waals surface area (Å²) in [6.45, 7) is 1.97. The van der Waals surface area contributed by atoms with Gasteiger partial charge in [-0.3, -0.25) is 14.6 Å². The minimum Gasteiger partial charge on any atom is -0.462 e. The Kier molecular flexibility index (Phi) is 5.14. The van der Waals surface area contributed by atoms with E-state index in [1.54, 1.807) is 43.3 Å². The molecule has 6 nitrogen and oxygen atoms in total.